The van der Waals surface area contributed by atoms with E-state index in [1.54, 1.807) is 6.07 Å². The maximum atomic E-state index is 12.0. The molecule has 0 aliphatic carbocycles. The summed E-state index contributed by atoms with van der Waals surface area (Å²) < 4.78 is 15.7. The van der Waals surface area contributed by atoms with Crippen molar-refractivity contribution in [2.24, 2.45) is 0 Å². The predicted molar refractivity (Wildman–Crippen MR) is 95.5 cm³/mol. The lowest BCUT2D eigenvalue weighted by Crippen LogP contribution is -2.41. The van der Waals surface area contributed by atoms with E-state index in [1.165, 1.54) is 19.2 Å². The molecule has 0 radical (unpaired) electrons. The summed E-state index contributed by atoms with van der Waals surface area (Å²) in [4.78, 5) is 35.0. The number of hydrogen-bond donors (Lipinski definition) is 2. The zero-order valence-corrected chi connectivity index (χ0v) is 15.4. The van der Waals surface area contributed by atoms with E-state index in [4.69, 9.17) is 14.2 Å². The summed E-state index contributed by atoms with van der Waals surface area (Å²) in [5, 5.41) is 4.55. The van der Waals surface area contributed by atoms with Crippen molar-refractivity contribution in [1.82, 2.24) is 10.6 Å². The van der Waals surface area contributed by atoms with E-state index < -0.39 is 24.5 Å². The molecule has 0 bridgehead atoms. The van der Waals surface area contributed by atoms with Gasteiger partial charge < -0.3 is 19.5 Å². The molecule has 0 saturated heterocycles. The van der Waals surface area contributed by atoms with Crippen molar-refractivity contribution in [3.05, 3.63) is 23.8 Å². The molecule has 1 aromatic rings. The molecule has 0 saturated carbocycles. The molecule has 2 N–H and O–H groups in total. The first kappa shape index (κ1) is 21.3. The monoisotopic (exact) mass is 366 g/mol. The van der Waals surface area contributed by atoms with Gasteiger partial charge in [0.05, 0.1) is 19.3 Å². The molecule has 0 fully saturated rings. The minimum Gasteiger partial charge on any atom is -0.493 e. The molecule has 26 heavy (non-hydrogen) atoms. The van der Waals surface area contributed by atoms with E-state index >= 15 is 0 Å². The topological polar surface area (TPSA) is 103 Å². The number of nitrogens with one attached hydrogen (secondary N) is 2. The third-order valence-corrected chi connectivity index (χ3v) is 3.28. The van der Waals surface area contributed by atoms with Gasteiger partial charge in [0, 0.05) is 6.54 Å². The second-order valence-corrected chi connectivity index (χ2v) is 5.45. The zero-order chi connectivity index (χ0) is 19.4. The molecule has 0 aliphatic heterocycles. The molecular formula is C18H26N2O6. The van der Waals surface area contributed by atoms with Crippen molar-refractivity contribution in [2.45, 2.75) is 33.1 Å². The van der Waals surface area contributed by atoms with Crippen molar-refractivity contribution < 1.29 is 28.6 Å². The Hall–Kier alpha value is -2.77. The number of hydrogen-bond acceptors (Lipinski definition) is 6. The number of carbonyl (C=O) groups is 3. The first-order valence-corrected chi connectivity index (χ1v) is 8.57. The molecule has 0 aliphatic rings. The smallest absolute Gasteiger partial charge is 0.338 e. The molecule has 0 spiro atoms. The first-order chi connectivity index (χ1) is 12.5. The van der Waals surface area contributed by atoms with Gasteiger partial charge in [-0.1, -0.05) is 20.3 Å². The van der Waals surface area contributed by atoms with Crippen LogP contribution in [-0.2, 0) is 9.53 Å². The fourth-order valence-corrected chi connectivity index (χ4v) is 1.90. The molecule has 8 heteroatoms. The number of urea groups is 1. The second kappa shape index (κ2) is 11.7. The highest BCUT2D eigenvalue weighted by Gasteiger charge is 2.15. The van der Waals surface area contributed by atoms with E-state index in [1.807, 2.05) is 6.92 Å². The van der Waals surface area contributed by atoms with Crippen LogP contribution in [0, 0.1) is 0 Å². The van der Waals surface area contributed by atoms with Crippen molar-refractivity contribution in [2.75, 3.05) is 26.9 Å². The average Bonchev–Trinajstić information content (AvgIpc) is 2.64. The molecule has 8 nitrogen and oxygen atoms in total. The molecule has 1 rings (SSSR count). The number of methoxy groups -OCH3 is 1. The van der Waals surface area contributed by atoms with E-state index in [0.29, 0.717) is 24.7 Å². The molecule has 0 atom stereocenters. The van der Waals surface area contributed by atoms with Crippen molar-refractivity contribution in [1.29, 1.82) is 0 Å². The molecule has 3 amide bonds. The Morgan fingerprint density at radius 1 is 1.08 bits per heavy atom. The van der Waals surface area contributed by atoms with Gasteiger partial charge in [-0.15, -0.1) is 0 Å². The largest absolute Gasteiger partial charge is 0.493 e. The molecule has 0 heterocycles. The minimum atomic E-state index is -0.710. The fraction of sp³-hybridized carbons (Fsp3) is 0.500. The quantitative estimate of drug-likeness (QED) is 0.486. The van der Waals surface area contributed by atoms with Gasteiger partial charge in [-0.05, 0) is 31.0 Å². The summed E-state index contributed by atoms with van der Waals surface area (Å²) in [7, 11) is 1.47. The van der Waals surface area contributed by atoms with E-state index in [-0.39, 0.29) is 5.56 Å². The summed E-state index contributed by atoms with van der Waals surface area (Å²) in [6.07, 6.45) is 2.66. The lowest BCUT2D eigenvalue weighted by molar-refractivity contribution is -0.123. The Morgan fingerprint density at radius 3 is 2.50 bits per heavy atom. The molecule has 1 aromatic carbocycles. The normalized spacial score (nSPS) is 9.96. The maximum Gasteiger partial charge on any atom is 0.338 e. The van der Waals surface area contributed by atoms with Gasteiger partial charge in [0.25, 0.3) is 5.91 Å². The Kier molecular flexibility index (Phi) is 9.59. The zero-order valence-electron chi connectivity index (χ0n) is 15.4. The van der Waals surface area contributed by atoms with Gasteiger partial charge in [-0.25, -0.2) is 9.59 Å². The lowest BCUT2D eigenvalue weighted by atomic mass is 10.2. The average molecular weight is 366 g/mol. The van der Waals surface area contributed by atoms with E-state index in [2.05, 4.69) is 17.6 Å². The van der Waals surface area contributed by atoms with Crippen LogP contribution < -0.4 is 20.1 Å². The number of benzene rings is 1. The third-order valence-electron chi connectivity index (χ3n) is 3.28. The van der Waals surface area contributed by atoms with Gasteiger partial charge >= 0.3 is 12.0 Å². The van der Waals surface area contributed by atoms with Crippen molar-refractivity contribution in [3.8, 4) is 11.5 Å². The summed E-state index contributed by atoms with van der Waals surface area (Å²) in [6, 6.07) is 4.00. The van der Waals surface area contributed by atoms with Gasteiger partial charge in [-0.2, -0.15) is 0 Å². The fourth-order valence-electron chi connectivity index (χ4n) is 1.90. The first-order valence-electron chi connectivity index (χ1n) is 8.57. The lowest BCUT2D eigenvalue weighted by Gasteiger charge is -2.12. The van der Waals surface area contributed by atoms with Crippen LogP contribution in [0.15, 0.2) is 18.2 Å². The minimum absolute atomic E-state index is 0.216. The van der Waals surface area contributed by atoms with E-state index in [9.17, 15) is 14.4 Å². The molecule has 144 valence electrons. The third kappa shape index (κ3) is 7.42. The Labute approximate surface area is 153 Å². The van der Waals surface area contributed by atoms with Crippen LogP contribution in [0.4, 0.5) is 4.79 Å². The Bertz CT molecular complexity index is 618. The predicted octanol–water partition coefficient (Wildman–Crippen LogP) is 2.27. The van der Waals surface area contributed by atoms with Gasteiger partial charge in [0.2, 0.25) is 0 Å². The summed E-state index contributed by atoms with van der Waals surface area (Å²) >= 11 is 0. The highest BCUT2D eigenvalue weighted by Crippen LogP contribution is 2.28. The number of unbranched alkanes of at least 4 members (excludes halogenated alkanes) is 1. The van der Waals surface area contributed by atoms with Crippen LogP contribution in [0.5, 0.6) is 11.5 Å². The summed E-state index contributed by atoms with van der Waals surface area (Å²) in [6.45, 7) is 4.39. The maximum absolute atomic E-state index is 12.0. The van der Waals surface area contributed by atoms with Crippen LogP contribution in [0.3, 0.4) is 0 Å². The van der Waals surface area contributed by atoms with Crippen molar-refractivity contribution >= 4 is 17.9 Å². The van der Waals surface area contributed by atoms with Gasteiger partial charge in [-0.3, -0.25) is 10.1 Å². The van der Waals surface area contributed by atoms with Gasteiger partial charge in [0.15, 0.2) is 18.1 Å². The number of rotatable bonds is 10. The highest BCUT2D eigenvalue weighted by molar-refractivity contribution is 5.97. The number of amides is 3. The van der Waals surface area contributed by atoms with Crippen LogP contribution in [-0.4, -0.2) is 44.8 Å². The van der Waals surface area contributed by atoms with E-state index in [0.717, 1.165) is 19.3 Å². The Balaban J connectivity index is 2.56. The summed E-state index contributed by atoms with van der Waals surface area (Å²) in [5.74, 6) is -0.479. The van der Waals surface area contributed by atoms with Crippen LogP contribution in [0.25, 0.3) is 0 Å². The van der Waals surface area contributed by atoms with Crippen LogP contribution in [0.1, 0.15) is 43.5 Å². The number of esters is 1. The Morgan fingerprint density at radius 2 is 1.85 bits per heavy atom. The summed E-state index contributed by atoms with van der Waals surface area (Å²) in [5.41, 5.74) is 0.216. The van der Waals surface area contributed by atoms with Crippen molar-refractivity contribution in [3.63, 3.8) is 0 Å². The number of carbonyl (C=O) groups excluding carboxylic acids is 3. The molecule has 0 aromatic heterocycles. The number of ether oxygens (including phenoxy) is 3. The molecular weight excluding hydrogens is 340 g/mol. The number of imide groups is 1. The highest BCUT2D eigenvalue weighted by atomic mass is 16.5. The van der Waals surface area contributed by atoms with Gasteiger partial charge in [0.1, 0.15) is 0 Å². The second-order valence-electron chi connectivity index (χ2n) is 5.45. The molecule has 0 unspecified atom stereocenters. The van der Waals surface area contributed by atoms with Crippen LogP contribution >= 0.6 is 0 Å². The van der Waals surface area contributed by atoms with Crippen LogP contribution in [0.2, 0.25) is 0 Å². The standard InChI is InChI=1S/C18H26N2O6/c1-4-6-10-25-14-8-7-13(11-15(14)24-3)17(22)26-12-16(21)20-18(23)19-9-5-2/h7-8,11H,4-6,9-10,12H2,1-3H3,(H2,19,20,21,23). The SMILES string of the molecule is CCCCOc1ccc(C(=O)OCC(=O)NC(=O)NCCC)cc1OC.